The molecule has 1 atom stereocenters. The summed E-state index contributed by atoms with van der Waals surface area (Å²) in [5, 5.41) is -0.143. The van der Waals surface area contributed by atoms with Gasteiger partial charge in [-0.3, -0.25) is 4.79 Å². The van der Waals surface area contributed by atoms with Crippen LogP contribution < -0.4 is 0 Å². The number of hydrogen-bond donors (Lipinski definition) is 1. The van der Waals surface area contributed by atoms with Crippen molar-refractivity contribution in [3.63, 3.8) is 0 Å². The van der Waals surface area contributed by atoms with Gasteiger partial charge in [-0.05, 0) is 0 Å². The van der Waals surface area contributed by atoms with Gasteiger partial charge >= 0.3 is 0 Å². The summed E-state index contributed by atoms with van der Waals surface area (Å²) in [7, 11) is 0. The van der Waals surface area contributed by atoms with Crippen molar-refractivity contribution >= 4 is 17.7 Å². The van der Waals surface area contributed by atoms with Crippen LogP contribution in [0.15, 0.2) is 0 Å². The van der Waals surface area contributed by atoms with E-state index in [9.17, 15) is 4.79 Å². The van der Waals surface area contributed by atoms with Crippen molar-refractivity contribution in [1.82, 2.24) is 0 Å². The fourth-order valence-electron chi connectivity index (χ4n) is 0.321. The molecule has 1 unspecified atom stereocenters. The zero-order valence-corrected chi connectivity index (χ0v) is 5.61. The lowest BCUT2D eigenvalue weighted by Gasteiger charge is -1.94. The van der Waals surface area contributed by atoms with Gasteiger partial charge in [-0.1, -0.05) is 6.92 Å². The van der Waals surface area contributed by atoms with E-state index >= 15 is 0 Å². The molecule has 0 radical (unpaired) electrons. The normalized spacial score (nSPS) is 12.1. The molecule has 0 heterocycles. The van der Waals surface area contributed by atoms with Crippen molar-refractivity contribution in [2.24, 2.45) is 5.92 Å². The molecular formula is C6H8OS. The summed E-state index contributed by atoms with van der Waals surface area (Å²) in [6.45, 7) is 1.81. The molecule has 0 N–H and O–H groups in total. The van der Waals surface area contributed by atoms with Gasteiger partial charge in [-0.15, -0.1) is 25.0 Å². The minimum Gasteiger partial charge on any atom is -0.287 e. The number of carbonyl (C=O) groups excluding carboxylic acids is 1. The van der Waals surface area contributed by atoms with Crippen molar-refractivity contribution in [2.45, 2.75) is 13.3 Å². The molecule has 0 aliphatic carbocycles. The highest BCUT2D eigenvalue weighted by Gasteiger charge is 1.99. The Hall–Kier alpha value is -0.420. The molecule has 0 aromatic heterocycles. The van der Waals surface area contributed by atoms with Gasteiger partial charge in [0.2, 0.25) is 0 Å². The smallest absolute Gasteiger partial charge is 0.187 e. The van der Waals surface area contributed by atoms with E-state index in [1.807, 2.05) is 6.92 Å². The summed E-state index contributed by atoms with van der Waals surface area (Å²) >= 11 is 3.56. The minimum absolute atomic E-state index is 0.0278. The van der Waals surface area contributed by atoms with E-state index in [1.54, 1.807) is 0 Å². The topological polar surface area (TPSA) is 17.1 Å². The van der Waals surface area contributed by atoms with Crippen LogP contribution in [0.3, 0.4) is 0 Å². The van der Waals surface area contributed by atoms with Crippen molar-refractivity contribution in [1.29, 1.82) is 0 Å². The van der Waals surface area contributed by atoms with Crippen molar-refractivity contribution < 1.29 is 4.79 Å². The van der Waals surface area contributed by atoms with Crippen LogP contribution in [-0.2, 0) is 4.79 Å². The van der Waals surface area contributed by atoms with Gasteiger partial charge in [0.15, 0.2) is 5.12 Å². The first-order chi connectivity index (χ1) is 3.66. The third kappa shape index (κ3) is 3.76. The largest absolute Gasteiger partial charge is 0.287 e. The van der Waals surface area contributed by atoms with Gasteiger partial charge < -0.3 is 0 Å². The average Bonchev–Trinajstić information content (AvgIpc) is 1.65. The third-order valence-electron chi connectivity index (χ3n) is 0.765. The zero-order chi connectivity index (χ0) is 6.57. The molecule has 2 heteroatoms. The van der Waals surface area contributed by atoms with E-state index in [0.29, 0.717) is 6.42 Å². The highest BCUT2D eigenvalue weighted by Crippen LogP contribution is 2.00. The first-order valence-corrected chi connectivity index (χ1v) is 2.79. The lowest BCUT2D eigenvalue weighted by Crippen LogP contribution is -1.95. The highest BCUT2D eigenvalue weighted by molar-refractivity contribution is 7.96. The second-order valence-corrected chi connectivity index (χ2v) is 2.16. The van der Waals surface area contributed by atoms with Gasteiger partial charge in [-0.25, -0.2) is 0 Å². The summed E-state index contributed by atoms with van der Waals surface area (Å²) in [4.78, 5) is 10.2. The SMILES string of the molecule is C#CC(C)CC(=O)S. The van der Waals surface area contributed by atoms with Gasteiger partial charge in [0, 0.05) is 12.3 Å². The molecule has 0 bridgehead atoms. The van der Waals surface area contributed by atoms with Gasteiger partial charge in [-0.2, -0.15) is 0 Å². The Bertz CT molecular complexity index is 123. The molecule has 1 nitrogen and oxygen atoms in total. The van der Waals surface area contributed by atoms with E-state index in [4.69, 9.17) is 6.42 Å². The third-order valence-corrected chi connectivity index (χ3v) is 0.948. The summed E-state index contributed by atoms with van der Waals surface area (Å²) < 4.78 is 0. The molecular weight excluding hydrogens is 120 g/mol. The predicted molar refractivity (Wildman–Crippen MR) is 36.6 cm³/mol. The lowest BCUT2D eigenvalue weighted by atomic mass is 10.1. The van der Waals surface area contributed by atoms with Crippen molar-refractivity contribution in [2.75, 3.05) is 0 Å². The molecule has 0 saturated carbocycles. The van der Waals surface area contributed by atoms with Crippen LogP contribution in [-0.4, -0.2) is 5.12 Å². The fraction of sp³-hybridized carbons (Fsp3) is 0.500. The first kappa shape index (κ1) is 7.58. The van der Waals surface area contributed by atoms with Gasteiger partial charge in [0.05, 0.1) is 0 Å². The quantitative estimate of drug-likeness (QED) is 0.435. The predicted octanol–water partition coefficient (Wildman–Crippen LogP) is 1.10. The molecule has 0 saturated heterocycles. The van der Waals surface area contributed by atoms with E-state index in [0.717, 1.165) is 0 Å². The van der Waals surface area contributed by atoms with Gasteiger partial charge in [0.1, 0.15) is 0 Å². The van der Waals surface area contributed by atoms with Crippen LogP contribution in [0.1, 0.15) is 13.3 Å². The van der Waals surface area contributed by atoms with Crippen LogP contribution in [0.5, 0.6) is 0 Å². The van der Waals surface area contributed by atoms with E-state index in [-0.39, 0.29) is 11.0 Å². The van der Waals surface area contributed by atoms with E-state index < -0.39 is 0 Å². The maximum absolute atomic E-state index is 10.2. The molecule has 0 aliphatic heterocycles. The number of terminal acetylenes is 1. The number of carbonyl (C=O) groups is 1. The molecule has 8 heavy (non-hydrogen) atoms. The summed E-state index contributed by atoms with van der Waals surface area (Å²) in [5.41, 5.74) is 0. The Labute approximate surface area is 54.9 Å². The monoisotopic (exact) mass is 128 g/mol. The maximum atomic E-state index is 10.2. The first-order valence-electron chi connectivity index (χ1n) is 2.34. The molecule has 0 fully saturated rings. The van der Waals surface area contributed by atoms with Crippen LogP contribution in [0.4, 0.5) is 0 Å². The van der Waals surface area contributed by atoms with Crippen molar-refractivity contribution in [3.05, 3.63) is 0 Å². The Morgan fingerprint density at radius 2 is 2.50 bits per heavy atom. The summed E-state index contributed by atoms with van der Waals surface area (Å²) in [6.07, 6.45) is 5.36. The molecule has 0 aromatic carbocycles. The number of rotatable bonds is 2. The number of thiol groups is 1. The molecule has 44 valence electrons. The Balaban J connectivity index is 3.43. The lowest BCUT2D eigenvalue weighted by molar-refractivity contribution is -0.111. The van der Waals surface area contributed by atoms with Crippen LogP contribution in [0.2, 0.25) is 0 Å². The Kier molecular flexibility index (Phi) is 3.38. The Morgan fingerprint density at radius 3 is 2.62 bits per heavy atom. The van der Waals surface area contributed by atoms with Gasteiger partial charge in [0.25, 0.3) is 0 Å². The molecule has 0 aromatic rings. The highest BCUT2D eigenvalue weighted by atomic mass is 32.1. The van der Waals surface area contributed by atoms with Crippen LogP contribution in [0.25, 0.3) is 0 Å². The van der Waals surface area contributed by atoms with E-state index in [1.165, 1.54) is 0 Å². The second kappa shape index (κ2) is 3.57. The molecule has 0 aliphatic rings. The molecule has 0 amide bonds. The zero-order valence-electron chi connectivity index (χ0n) is 4.72. The Morgan fingerprint density at radius 1 is 2.00 bits per heavy atom. The second-order valence-electron chi connectivity index (χ2n) is 1.67. The van der Waals surface area contributed by atoms with E-state index in [2.05, 4.69) is 18.5 Å². The number of hydrogen-bond acceptors (Lipinski definition) is 1. The minimum atomic E-state index is -0.143. The standard InChI is InChI=1S/C6H8OS/c1-3-5(2)4-6(7)8/h1,5H,4H2,2H3,(H,7,8). The summed E-state index contributed by atoms with van der Waals surface area (Å²) in [6, 6.07) is 0. The fourth-order valence-corrected chi connectivity index (χ4v) is 0.595. The molecule has 0 rings (SSSR count). The molecule has 0 spiro atoms. The average molecular weight is 128 g/mol. The summed E-state index contributed by atoms with van der Waals surface area (Å²) in [5.74, 6) is 2.45. The van der Waals surface area contributed by atoms with Crippen LogP contribution >= 0.6 is 12.6 Å². The maximum Gasteiger partial charge on any atom is 0.187 e. The van der Waals surface area contributed by atoms with Crippen LogP contribution in [0, 0.1) is 18.3 Å². The van der Waals surface area contributed by atoms with Crippen molar-refractivity contribution in [3.8, 4) is 12.3 Å².